The fourth-order valence-corrected chi connectivity index (χ4v) is 9.67. The molecule has 0 radical (unpaired) electrons. The first-order chi connectivity index (χ1) is 17.8. The minimum absolute atomic E-state index is 0.0370. The Kier molecular flexibility index (Phi) is 8.21. The highest BCUT2D eigenvalue weighted by Crippen LogP contribution is 2.69. The van der Waals surface area contributed by atoms with Crippen molar-refractivity contribution < 1.29 is 38.5 Å². The number of aliphatic carboxylic acids is 1. The number of hydrogen-bond donors (Lipinski definition) is 1. The third-order valence-corrected chi connectivity index (χ3v) is 11.2. The molecule has 0 amide bonds. The highest BCUT2D eigenvalue weighted by atomic mass is 16.6. The van der Waals surface area contributed by atoms with Gasteiger partial charge in [0.1, 0.15) is 18.3 Å². The fraction of sp³-hybridized carbons (Fsp3) is 0.867. The predicted molar refractivity (Wildman–Crippen MR) is 139 cm³/mol. The number of carbonyl (C=O) groups is 4. The fourth-order valence-electron chi connectivity index (χ4n) is 9.67. The van der Waals surface area contributed by atoms with E-state index < -0.39 is 5.97 Å². The smallest absolute Gasteiger partial charge is 0.303 e. The van der Waals surface area contributed by atoms with Gasteiger partial charge in [-0.15, -0.1) is 0 Å². The third-order valence-electron chi connectivity index (χ3n) is 11.2. The van der Waals surface area contributed by atoms with E-state index in [9.17, 15) is 24.3 Å². The molecule has 1 N–H and O–H groups in total. The molecule has 0 bridgehead atoms. The number of esters is 3. The SMILES string of the molecule is CC(=O)O[C@H]1CC[C@@]2(C)[C@H](C1)C[C@@H](OC(C)=O)[C@H]1[C@H]2C[C@@H](OC(C)=O)[C@]2(C)[C@@H]1CC[C@H]2[C@H](C)CCC(=O)O. The molecular weight excluding hydrogens is 488 g/mol. The largest absolute Gasteiger partial charge is 0.481 e. The van der Waals surface area contributed by atoms with Gasteiger partial charge in [-0.2, -0.15) is 0 Å². The Morgan fingerprint density at radius 2 is 1.53 bits per heavy atom. The number of hydrogen-bond acceptors (Lipinski definition) is 7. The summed E-state index contributed by atoms with van der Waals surface area (Å²) in [7, 11) is 0. The van der Waals surface area contributed by atoms with Gasteiger partial charge in [0.15, 0.2) is 0 Å². The summed E-state index contributed by atoms with van der Waals surface area (Å²) >= 11 is 0. The Morgan fingerprint density at radius 3 is 2.13 bits per heavy atom. The van der Waals surface area contributed by atoms with Crippen molar-refractivity contribution in [2.45, 2.75) is 118 Å². The summed E-state index contributed by atoms with van der Waals surface area (Å²) in [5.41, 5.74) is -0.355. The lowest BCUT2D eigenvalue weighted by molar-refractivity contribution is -0.224. The van der Waals surface area contributed by atoms with Crippen LogP contribution in [0.3, 0.4) is 0 Å². The van der Waals surface area contributed by atoms with E-state index in [0.29, 0.717) is 12.8 Å². The van der Waals surface area contributed by atoms with Crippen molar-refractivity contribution in [1.29, 1.82) is 0 Å². The maximum atomic E-state index is 12.4. The van der Waals surface area contributed by atoms with Gasteiger partial charge in [-0.3, -0.25) is 19.2 Å². The highest BCUT2D eigenvalue weighted by Gasteiger charge is 2.67. The van der Waals surface area contributed by atoms with Crippen LogP contribution < -0.4 is 0 Å². The van der Waals surface area contributed by atoms with E-state index in [0.717, 1.165) is 38.5 Å². The number of carboxylic acids is 1. The minimum atomic E-state index is -0.790. The second kappa shape index (κ2) is 10.8. The summed E-state index contributed by atoms with van der Waals surface area (Å²) in [5, 5.41) is 9.31. The molecule has 0 heterocycles. The molecule has 0 aliphatic heterocycles. The zero-order valence-corrected chi connectivity index (χ0v) is 23.9. The zero-order chi connectivity index (χ0) is 28.0. The van der Waals surface area contributed by atoms with Crippen LogP contribution in [-0.2, 0) is 33.4 Å². The zero-order valence-electron chi connectivity index (χ0n) is 23.9. The molecule has 0 aromatic rings. The van der Waals surface area contributed by atoms with Crippen molar-refractivity contribution in [2.75, 3.05) is 0 Å². The Balaban J connectivity index is 1.71. The molecule has 0 saturated heterocycles. The molecule has 4 saturated carbocycles. The van der Waals surface area contributed by atoms with Gasteiger partial charge in [0.2, 0.25) is 0 Å². The van der Waals surface area contributed by atoms with Gasteiger partial charge in [0.25, 0.3) is 0 Å². The van der Waals surface area contributed by atoms with Crippen molar-refractivity contribution in [3.05, 3.63) is 0 Å². The number of ether oxygens (including phenoxy) is 3. The Hall–Kier alpha value is -2.12. The summed E-state index contributed by atoms with van der Waals surface area (Å²) in [4.78, 5) is 47.7. The van der Waals surface area contributed by atoms with Crippen LogP contribution in [0.1, 0.15) is 99.3 Å². The van der Waals surface area contributed by atoms with Gasteiger partial charge in [-0.05, 0) is 86.4 Å². The van der Waals surface area contributed by atoms with Crippen LogP contribution in [-0.4, -0.2) is 47.3 Å². The molecular formula is C30H46O8. The molecule has 8 heteroatoms. The number of carboxylic acid groups (broad SMARTS) is 1. The van der Waals surface area contributed by atoms with E-state index in [4.69, 9.17) is 14.2 Å². The standard InChI is InChI=1S/C30H46O8/c1-16(7-10-27(34)35)22-8-9-23-28-24(15-26(30(22,23)6)38-19(4)33)29(5)12-11-21(36-17(2)31)13-20(29)14-25(28)37-18(3)32/h16,20-26,28H,7-15H2,1-6H3,(H,34,35)/t16-,20-,21+,22+,23-,24-,25-,26-,28-,29+,30+/m1/s1. The van der Waals surface area contributed by atoms with E-state index in [-0.39, 0.29) is 89.0 Å². The average Bonchev–Trinajstić information content (AvgIpc) is 3.16. The number of carbonyl (C=O) groups excluding carboxylic acids is 3. The predicted octanol–water partition coefficient (Wildman–Crippen LogP) is 5.16. The van der Waals surface area contributed by atoms with Crippen LogP contribution in [0.15, 0.2) is 0 Å². The molecule has 4 rings (SSSR count). The number of fused-ring (bicyclic) bond motifs is 5. The van der Waals surface area contributed by atoms with Crippen molar-refractivity contribution in [1.82, 2.24) is 0 Å². The van der Waals surface area contributed by atoms with Crippen LogP contribution in [0.4, 0.5) is 0 Å². The first-order valence-electron chi connectivity index (χ1n) is 14.5. The first-order valence-corrected chi connectivity index (χ1v) is 14.5. The highest BCUT2D eigenvalue weighted by molar-refractivity contribution is 5.67. The average molecular weight is 535 g/mol. The Labute approximate surface area is 226 Å². The van der Waals surface area contributed by atoms with E-state index in [2.05, 4.69) is 20.8 Å². The maximum Gasteiger partial charge on any atom is 0.303 e. The van der Waals surface area contributed by atoms with Crippen molar-refractivity contribution in [2.24, 2.45) is 46.3 Å². The van der Waals surface area contributed by atoms with Crippen molar-refractivity contribution in [3.8, 4) is 0 Å². The Bertz CT molecular complexity index is 947. The summed E-state index contributed by atoms with van der Waals surface area (Å²) in [5.74, 6) is -0.421. The molecule has 8 nitrogen and oxygen atoms in total. The second-order valence-corrected chi connectivity index (χ2v) is 13.2. The van der Waals surface area contributed by atoms with E-state index in [1.54, 1.807) is 0 Å². The number of rotatable bonds is 7. The van der Waals surface area contributed by atoms with Crippen LogP contribution in [0.25, 0.3) is 0 Å². The molecule has 214 valence electrons. The quantitative estimate of drug-likeness (QED) is 0.352. The van der Waals surface area contributed by atoms with Crippen LogP contribution >= 0.6 is 0 Å². The van der Waals surface area contributed by atoms with Crippen LogP contribution in [0.5, 0.6) is 0 Å². The first kappa shape index (κ1) is 28.9. The van der Waals surface area contributed by atoms with Crippen molar-refractivity contribution >= 4 is 23.9 Å². The molecule has 0 unspecified atom stereocenters. The lowest BCUT2D eigenvalue weighted by Gasteiger charge is -2.64. The molecule has 0 aromatic heterocycles. The summed E-state index contributed by atoms with van der Waals surface area (Å²) in [6.07, 6.45) is 5.93. The monoisotopic (exact) mass is 534 g/mol. The molecule has 11 atom stereocenters. The molecule has 0 spiro atoms. The molecule has 4 aliphatic rings. The van der Waals surface area contributed by atoms with Crippen molar-refractivity contribution in [3.63, 3.8) is 0 Å². The molecule has 4 fully saturated rings. The topological polar surface area (TPSA) is 116 Å². The van der Waals surface area contributed by atoms with E-state index in [1.807, 2.05) is 0 Å². The van der Waals surface area contributed by atoms with Gasteiger partial charge in [0.05, 0.1) is 0 Å². The minimum Gasteiger partial charge on any atom is -0.481 e. The van der Waals surface area contributed by atoms with Gasteiger partial charge in [-0.25, -0.2) is 0 Å². The van der Waals surface area contributed by atoms with Gasteiger partial charge in [0, 0.05) is 38.5 Å². The van der Waals surface area contributed by atoms with Crippen LogP contribution in [0, 0.1) is 46.3 Å². The lowest BCUT2D eigenvalue weighted by atomic mass is 9.43. The molecule has 0 aromatic carbocycles. The summed E-state index contributed by atoms with van der Waals surface area (Å²) < 4.78 is 17.8. The van der Waals surface area contributed by atoms with Gasteiger partial charge >= 0.3 is 23.9 Å². The molecule has 4 aliphatic carbocycles. The summed E-state index contributed by atoms with van der Waals surface area (Å²) in [6, 6.07) is 0. The van der Waals surface area contributed by atoms with Gasteiger partial charge in [-0.1, -0.05) is 20.8 Å². The van der Waals surface area contributed by atoms with Crippen LogP contribution in [0.2, 0.25) is 0 Å². The molecule has 38 heavy (non-hydrogen) atoms. The summed E-state index contributed by atoms with van der Waals surface area (Å²) in [6.45, 7) is 11.1. The van der Waals surface area contributed by atoms with E-state index in [1.165, 1.54) is 20.8 Å². The maximum absolute atomic E-state index is 12.4. The third kappa shape index (κ3) is 5.21. The van der Waals surface area contributed by atoms with Gasteiger partial charge < -0.3 is 19.3 Å². The Morgan fingerprint density at radius 1 is 0.868 bits per heavy atom. The lowest BCUT2D eigenvalue weighted by Crippen LogP contribution is -2.63. The normalized spacial score (nSPS) is 42.6. The van der Waals surface area contributed by atoms with E-state index >= 15 is 0 Å². The second-order valence-electron chi connectivity index (χ2n) is 13.2.